The normalized spacial score (nSPS) is 20.9. The highest BCUT2D eigenvalue weighted by Crippen LogP contribution is 2.27. The number of nitrogens with zero attached hydrogens (tertiary/aromatic N) is 1. The third kappa shape index (κ3) is 3.72. The molecule has 0 N–H and O–H groups in total. The van der Waals surface area contributed by atoms with E-state index in [0.29, 0.717) is 23.9 Å². The lowest BCUT2D eigenvalue weighted by atomic mass is 9.87. The molecular formula is C15H29NO. The first-order valence-electron chi connectivity index (χ1n) is 7.43. The van der Waals surface area contributed by atoms with Crippen LogP contribution in [0.2, 0.25) is 0 Å². The summed E-state index contributed by atoms with van der Waals surface area (Å²) in [5.74, 6) is 0.736. The monoisotopic (exact) mass is 239 g/mol. The predicted octanol–water partition coefficient (Wildman–Crippen LogP) is 3.99. The fraction of sp³-hybridized carbons (Fsp3) is 0.933. The van der Waals surface area contributed by atoms with Gasteiger partial charge in [-0.15, -0.1) is 0 Å². The number of hydrogen-bond donors (Lipinski definition) is 0. The molecule has 1 amide bonds. The van der Waals surface area contributed by atoms with Gasteiger partial charge in [-0.05, 0) is 39.5 Å². The van der Waals surface area contributed by atoms with Gasteiger partial charge in [-0.1, -0.05) is 33.1 Å². The highest BCUT2D eigenvalue weighted by molar-refractivity contribution is 5.79. The fourth-order valence-corrected chi connectivity index (χ4v) is 2.82. The van der Waals surface area contributed by atoms with Crippen molar-refractivity contribution >= 4 is 5.91 Å². The van der Waals surface area contributed by atoms with Crippen molar-refractivity contribution in [1.29, 1.82) is 0 Å². The van der Waals surface area contributed by atoms with Crippen molar-refractivity contribution in [2.75, 3.05) is 0 Å². The van der Waals surface area contributed by atoms with Crippen LogP contribution in [0.25, 0.3) is 0 Å². The number of amides is 1. The minimum atomic E-state index is 0.312. The zero-order valence-electron chi connectivity index (χ0n) is 12.0. The molecule has 1 rings (SSSR count). The van der Waals surface area contributed by atoms with Crippen LogP contribution in [0, 0.1) is 5.92 Å². The number of carbonyl (C=O) groups excluding carboxylic acids is 1. The number of hydrogen-bond acceptors (Lipinski definition) is 1. The van der Waals surface area contributed by atoms with Gasteiger partial charge in [0.25, 0.3) is 0 Å². The van der Waals surface area contributed by atoms with Crippen LogP contribution in [0.1, 0.15) is 72.6 Å². The highest BCUT2D eigenvalue weighted by Gasteiger charge is 2.30. The molecule has 0 spiro atoms. The van der Waals surface area contributed by atoms with Gasteiger partial charge in [-0.2, -0.15) is 0 Å². The maximum absolute atomic E-state index is 12.6. The smallest absolute Gasteiger partial charge is 0.226 e. The van der Waals surface area contributed by atoms with Crippen molar-refractivity contribution in [1.82, 2.24) is 4.90 Å². The van der Waals surface area contributed by atoms with Crippen LogP contribution < -0.4 is 0 Å². The molecule has 0 aromatic rings. The standard InChI is InChI=1S/C15H29NO/c1-5-12(3)16(13(4)6-2)15(17)14-10-8-7-9-11-14/h12-14H,5-11H2,1-4H3. The Balaban J connectivity index is 2.70. The molecule has 2 unspecified atom stereocenters. The average molecular weight is 239 g/mol. The van der Waals surface area contributed by atoms with Crippen molar-refractivity contribution in [2.45, 2.75) is 84.7 Å². The molecule has 0 heterocycles. The second-order valence-corrected chi connectivity index (χ2v) is 5.59. The van der Waals surface area contributed by atoms with Gasteiger partial charge in [0, 0.05) is 18.0 Å². The van der Waals surface area contributed by atoms with Crippen molar-refractivity contribution in [3.8, 4) is 0 Å². The molecule has 0 aromatic heterocycles. The molecule has 0 saturated heterocycles. The Morgan fingerprint density at radius 2 is 1.53 bits per heavy atom. The van der Waals surface area contributed by atoms with Gasteiger partial charge in [0.05, 0.1) is 0 Å². The van der Waals surface area contributed by atoms with Crippen molar-refractivity contribution < 1.29 is 4.79 Å². The summed E-state index contributed by atoms with van der Waals surface area (Å²) in [6, 6.07) is 0.777. The molecule has 0 aliphatic heterocycles. The van der Waals surface area contributed by atoms with E-state index in [1.807, 2.05) is 0 Å². The van der Waals surface area contributed by atoms with Crippen LogP contribution in [0.3, 0.4) is 0 Å². The van der Waals surface area contributed by atoms with Crippen LogP contribution in [0.5, 0.6) is 0 Å². The second kappa shape index (κ2) is 7.03. The molecule has 17 heavy (non-hydrogen) atoms. The van der Waals surface area contributed by atoms with E-state index in [2.05, 4.69) is 32.6 Å². The summed E-state index contributed by atoms with van der Waals surface area (Å²) in [5.41, 5.74) is 0. The Bertz CT molecular complexity index is 223. The summed E-state index contributed by atoms with van der Waals surface area (Å²) >= 11 is 0. The second-order valence-electron chi connectivity index (χ2n) is 5.59. The number of rotatable bonds is 5. The lowest BCUT2D eigenvalue weighted by Crippen LogP contribution is -2.47. The lowest BCUT2D eigenvalue weighted by molar-refractivity contribution is -0.141. The molecule has 0 aromatic carbocycles. The molecule has 0 radical (unpaired) electrons. The third-order valence-electron chi connectivity index (χ3n) is 4.34. The first-order chi connectivity index (χ1) is 8.11. The SMILES string of the molecule is CCC(C)N(C(=O)C1CCCCC1)C(C)CC. The maximum atomic E-state index is 12.6. The highest BCUT2D eigenvalue weighted by atomic mass is 16.2. The van der Waals surface area contributed by atoms with Crippen molar-refractivity contribution in [3.05, 3.63) is 0 Å². The lowest BCUT2D eigenvalue weighted by Gasteiger charge is -2.37. The summed E-state index contributed by atoms with van der Waals surface area (Å²) in [7, 11) is 0. The van der Waals surface area contributed by atoms with Gasteiger partial charge < -0.3 is 4.90 Å². The van der Waals surface area contributed by atoms with Gasteiger partial charge in [-0.25, -0.2) is 0 Å². The molecule has 0 bridgehead atoms. The number of carbonyl (C=O) groups is 1. The Labute approximate surface area is 107 Å². The summed E-state index contributed by atoms with van der Waals surface area (Å²) in [4.78, 5) is 14.8. The molecule has 2 nitrogen and oxygen atoms in total. The van der Waals surface area contributed by atoms with E-state index in [1.54, 1.807) is 0 Å². The van der Waals surface area contributed by atoms with Crippen molar-refractivity contribution in [3.63, 3.8) is 0 Å². The molecule has 100 valence electrons. The zero-order chi connectivity index (χ0) is 12.8. The van der Waals surface area contributed by atoms with Crippen LogP contribution in [0.4, 0.5) is 0 Å². The van der Waals surface area contributed by atoms with E-state index in [9.17, 15) is 4.79 Å². The quantitative estimate of drug-likeness (QED) is 0.710. The van der Waals surface area contributed by atoms with E-state index < -0.39 is 0 Å². The molecule has 1 aliphatic carbocycles. The minimum absolute atomic E-state index is 0.312. The molecule has 2 heteroatoms. The van der Waals surface area contributed by atoms with Gasteiger partial charge in [0.15, 0.2) is 0 Å². The summed E-state index contributed by atoms with van der Waals surface area (Å²) in [5, 5.41) is 0. The molecule has 1 fully saturated rings. The van der Waals surface area contributed by atoms with Crippen molar-refractivity contribution in [2.24, 2.45) is 5.92 Å². The fourth-order valence-electron chi connectivity index (χ4n) is 2.82. The first kappa shape index (κ1) is 14.5. The molecular weight excluding hydrogens is 210 g/mol. The molecule has 1 aliphatic rings. The van der Waals surface area contributed by atoms with Gasteiger partial charge in [-0.3, -0.25) is 4.79 Å². The summed E-state index contributed by atoms with van der Waals surface area (Å²) < 4.78 is 0. The minimum Gasteiger partial charge on any atom is -0.337 e. The largest absolute Gasteiger partial charge is 0.337 e. The Morgan fingerprint density at radius 1 is 1.06 bits per heavy atom. The third-order valence-corrected chi connectivity index (χ3v) is 4.34. The average Bonchev–Trinajstić information content (AvgIpc) is 2.39. The van der Waals surface area contributed by atoms with E-state index >= 15 is 0 Å². The first-order valence-corrected chi connectivity index (χ1v) is 7.43. The van der Waals surface area contributed by atoms with E-state index in [0.717, 1.165) is 25.7 Å². The van der Waals surface area contributed by atoms with Crippen LogP contribution in [-0.4, -0.2) is 22.9 Å². The maximum Gasteiger partial charge on any atom is 0.226 e. The molecule has 2 atom stereocenters. The van der Waals surface area contributed by atoms with E-state index in [4.69, 9.17) is 0 Å². The van der Waals surface area contributed by atoms with Gasteiger partial charge in [0.1, 0.15) is 0 Å². The van der Waals surface area contributed by atoms with E-state index in [1.165, 1.54) is 19.3 Å². The Morgan fingerprint density at radius 3 is 1.94 bits per heavy atom. The van der Waals surface area contributed by atoms with E-state index in [-0.39, 0.29) is 0 Å². The van der Waals surface area contributed by atoms with Crippen LogP contribution in [0.15, 0.2) is 0 Å². The Hall–Kier alpha value is -0.530. The Kier molecular flexibility index (Phi) is 6.01. The predicted molar refractivity (Wildman–Crippen MR) is 72.9 cm³/mol. The van der Waals surface area contributed by atoms with Gasteiger partial charge in [0.2, 0.25) is 5.91 Å². The van der Waals surface area contributed by atoms with Crippen LogP contribution >= 0.6 is 0 Å². The summed E-state index contributed by atoms with van der Waals surface area (Å²) in [6.45, 7) is 8.72. The molecule has 1 saturated carbocycles. The summed E-state index contributed by atoms with van der Waals surface area (Å²) in [6.07, 6.45) is 8.14. The zero-order valence-corrected chi connectivity index (χ0v) is 12.0. The van der Waals surface area contributed by atoms with Crippen LogP contribution in [-0.2, 0) is 4.79 Å². The topological polar surface area (TPSA) is 20.3 Å². The van der Waals surface area contributed by atoms with Gasteiger partial charge >= 0.3 is 0 Å².